The number of aryl methyl sites for hydroxylation is 2. The molecule has 2 aromatic heterocycles. The number of aliphatic carboxylic acids is 1. The van der Waals surface area contributed by atoms with E-state index in [0.717, 1.165) is 26.9 Å². The normalized spacial score (nSPS) is 13.6. The number of aromatic nitrogens is 2. The van der Waals surface area contributed by atoms with Crippen molar-refractivity contribution in [2.75, 3.05) is 5.32 Å². The Balaban J connectivity index is 2.15. The van der Waals surface area contributed by atoms with Gasteiger partial charge < -0.3 is 15.5 Å². The van der Waals surface area contributed by atoms with Gasteiger partial charge in [0.25, 0.3) is 0 Å². The molecule has 0 aliphatic rings. The Hall–Kier alpha value is -2.51. The predicted molar refractivity (Wildman–Crippen MR) is 99.1 cm³/mol. The van der Waals surface area contributed by atoms with E-state index in [4.69, 9.17) is 0 Å². The second kappa shape index (κ2) is 6.78. The summed E-state index contributed by atoms with van der Waals surface area (Å²) in [6.45, 7) is 5.51. The van der Waals surface area contributed by atoms with Crippen molar-refractivity contribution < 1.29 is 15.0 Å². The fourth-order valence-electron chi connectivity index (χ4n) is 2.83. The van der Waals surface area contributed by atoms with Gasteiger partial charge in [0.1, 0.15) is 17.0 Å². The first-order valence-corrected chi connectivity index (χ1v) is 8.73. The Morgan fingerprint density at radius 1 is 1.24 bits per heavy atom. The Bertz CT molecular complexity index is 936. The number of hydrogen-bond acceptors (Lipinski definition) is 6. The standard InChI is InChI=1S/C18H19N3O3S/c1-9-4-5-12(10(2)6-9)13-7-25-17-14(13)16(19-8-20-17)21-15(11(3)22)18(23)24/h4-8,11,15,22H,1-3H3,(H,23,24)(H,19,20,21). The molecule has 6 nitrogen and oxygen atoms in total. The van der Waals surface area contributed by atoms with Crippen LogP contribution in [0.15, 0.2) is 29.9 Å². The molecule has 2 atom stereocenters. The monoisotopic (exact) mass is 357 g/mol. The van der Waals surface area contributed by atoms with Gasteiger partial charge in [-0.3, -0.25) is 0 Å². The Morgan fingerprint density at radius 2 is 2.00 bits per heavy atom. The van der Waals surface area contributed by atoms with Gasteiger partial charge in [0.2, 0.25) is 0 Å². The zero-order valence-corrected chi connectivity index (χ0v) is 15.0. The first kappa shape index (κ1) is 17.3. The molecular formula is C18H19N3O3S. The molecule has 130 valence electrons. The number of rotatable bonds is 5. The number of carboxylic acids is 1. The minimum absolute atomic E-state index is 0.412. The van der Waals surface area contributed by atoms with Gasteiger partial charge in [-0.15, -0.1) is 11.3 Å². The smallest absolute Gasteiger partial charge is 0.328 e. The van der Waals surface area contributed by atoms with Gasteiger partial charge in [-0.1, -0.05) is 23.8 Å². The van der Waals surface area contributed by atoms with Crippen LogP contribution in [0.2, 0.25) is 0 Å². The summed E-state index contributed by atoms with van der Waals surface area (Å²) < 4.78 is 0. The zero-order valence-electron chi connectivity index (χ0n) is 14.1. The molecule has 0 aliphatic heterocycles. The number of nitrogens with zero attached hydrogens (tertiary/aromatic N) is 2. The molecule has 0 bridgehead atoms. The van der Waals surface area contributed by atoms with E-state index in [1.165, 1.54) is 30.2 Å². The van der Waals surface area contributed by atoms with E-state index in [9.17, 15) is 15.0 Å². The largest absolute Gasteiger partial charge is 0.480 e. The van der Waals surface area contributed by atoms with Crippen LogP contribution in [0.1, 0.15) is 18.1 Å². The number of thiophene rings is 1. The van der Waals surface area contributed by atoms with Crippen LogP contribution in [-0.4, -0.2) is 38.3 Å². The van der Waals surface area contributed by atoms with Crippen LogP contribution in [0.25, 0.3) is 21.3 Å². The van der Waals surface area contributed by atoms with Gasteiger partial charge in [-0.25, -0.2) is 14.8 Å². The molecule has 25 heavy (non-hydrogen) atoms. The van der Waals surface area contributed by atoms with Crippen LogP contribution < -0.4 is 5.32 Å². The van der Waals surface area contributed by atoms with Crippen molar-refractivity contribution in [3.63, 3.8) is 0 Å². The Kier molecular flexibility index (Phi) is 4.69. The van der Waals surface area contributed by atoms with E-state index < -0.39 is 18.1 Å². The van der Waals surface area contributed by atoms with Gasteiger partial charge in [0.05, 0.1) is 11.5 Å². The molecule has 0 saturated heterocycles. The molecule has 7 heteroatoms. The molecule has 3 rings (SSSR count). The number of fused-ring (bicyclic) bond motifs is 1. The minimum Gasteiger partial charge on any atom is -0.480 e. The third-order valence-electron chi connectivity index (χ3n) is 4.08. The van der Waals surface area contributed by atoms with Crippen molar-refractivity contribution in [1.82, 2.24) is 9.97 Å². The fraction of sp³-hybridized carbons (Fsp3) is 0.278. The Labute approximate surface area is 149 Å². The number of anilines is 1. The lowest BCUT2D eigenvalue weighted by atomic mass is 9.99. The maximum atomic E-state index is 11.4. The number of carboxylic acid groups (broad SMARTS) is 1. The molecule has 0 fully saturated rings. The quantitative estimate of drug-likeness (QED) is 0.649. The number of benzene rings is 1. The first-order chi connectivity index (χ1) is 11.9. The van der Waals surface area contributed by atoms with E-state index in [2.05, 4.69) is 21.4 Å². The van der Waals surface area contributed by atoms with Gasteiger partial charge in [0, 0.05) is 10.9 Å². The molecule has 0 spiro atoms. The van der Waals surface area contributed by atoms with E-state index in [1.54, 1.807) is 0 Å². The van der Waals surface area contributed by atoms with Gasteiger partial charge in [-0.05, 0) is 31.9 Å². The topological polar surface area (TPSA) is 95.3 Å². The van der Waals surface area contributed by atoms with Crippen LogP contribution in [0.4, 0.5) is 5.82 Å². The number of aliphatic hydroxyl groups is 1. The molecule has 2 heterocycles. The van der Waals surface area contributed by atoms with Crippen molar-refractivity contribution in [2.45, 2.75) is 32.9 Å². The fourth-order valence-corrected chi connectivity index (χ4v) is 3.74. The van der Waals surface area contributed by atoms with Gasteiger partial charge in [-0.2, -0.15) is 0 Å². The first-order valence-electron chi connectivity index (χ1n) is 7.85. The molecule has 0 amide bonds. The minimum atomic E-state index is -1.15. The number of nitrogens with one attached hydrogen (secondary N) is 1. The Morgan fingerprint density at radius 3 is 2.64 bits per heavy atom. The number of hydrogen-bond donors (Lipinski definition) is 3. The van der Waals surface area contributed by atoms with Crippen molar-refractivity contribution >= 4 is 33.3 Å². The van der Waals surface area contributed by atoms with E-state index in [-0.39, 0.29) is 0 Å². The summed E-state index contributed by atoms with van der Waals surface area (Å²) in [7, 11) is 0. The molecule has 3 N–H and O–H groups in total. The maximum Gasteiger partial charge on any atom is 0.328 e. The lowest BCUT2D eigenvalue weighted by Crippen LogP contribution is -2.39. The summed E-state index contributed by atoms with van der Waals surface area (Å²) in [6, 6.07) is 5.04. The average molecular weight is 357 g/mol. The molecule has 2 unspecified atom stereocenters. The summed E-state index contributed by atoms with van der Waals surface area (Å²) in [5.41, 5.74) is 4.31. The van der Waals surface area contributed by atoms with Crippen molar-refractivity contribution in [1.29, 1.82) is 0 Å². The summed E-state index contributed by atoms with van der Waals surface area (Å²) in [5.74, 6) is -0.723. The third-order valence-corrected chi connectivity index (χ3v) is 4.97. The van der Waals surface area contributed by atoms with Gasteiger partial charge in [0.15, 0.2) is 6.04 Å². The number of aliphatic hydroxyl groups excluding tert-OH is 1. The van der Waals surface area contributed by atoms with Crippen molar-refractivity contribution in [3.8, 4) is 11.1 Å². The highest BCUT2D eigenvalue weighted by atomic mass is 32.1. The molecular weight excluding hydrogens is 338 g/mol. The van der Waals surface area contributed by atoms with Crippen LogP contribution >= 0.6 is 11.3 Å². The van der Waals surface area contributed by atoms with Crippen molar-refractivity contribution in [2.24, 2.45) is 0 Å². The highest BCUT2D eigenvalue weighted by molar-refractivity contribution is 7.17. The van der Waals surface area contributed by atoms with Crippen LogP contribution in [-0.2, 0) is 4.79 Å². The molecule has 0 saturated carbocycles. The third kappa shape index (κ3) is 3.33. The molecule has 3 aromatic rings. The average Bonchev–Trinajstić information content (AvgIpc) is 2.96. The zero-order chi connectivity index (χ0) is 18.1. The van der Waals surface area contributed by atoms with Gasteiger partial charge >= 0.3 is 5.97 Å². The highest BCUT2D eigenvalue weighted by Crippen LogP contribution is 2.38. The van der Waals surface area contributed by atoms with Crippen LogP contribution in [0, 0.1) is 13.8 Å². The summed E-state index contributed by atoms with van der Waals surface area (Å²) in [6.07, 6.45) is 0.333. The molecule has 1 aromatic carbocycles. The second-order valence-corrected chi connectivity index (χ2v) is 6.93. The van der Waals surface area contributed by atoms with Crippen LogP contribution in [0.5, 0.6) is 0 Å². The maximum absolute atomic E-state index is 11.4. The van der Waals surface area contributed by atoms with E-state index in [1.807, 2.05) is 31.4 Å². The second-order valence-electron chi connectivity index (χ2n) is 6.07. The number of carbonyl (C=O) groups is 1. The SMILES string of the molecule is Cc1ccc(-c2csc3ncnc(NC(C(=O)O)C(C)O)c23)c(C)c1. The van der Waals surface area contributed by atoms with E-state index in [0.29, 0.717) is 5.82 Å². The van der Waals surface area contributed by atoms with Crippen molar-refractivity contribution in [3.05, 3.63) is 41.0 Å². The summed E-state index contributed by atoms with van der Waals surface area (Å²) >= 11 is 1.48. The molecule has 0 radical (unpaired) electrons. The lowest BCUT2D eigenvalue weighted by molar-refractivity contribution is -0.140. The summed E-state index contributed by atoms with van der Waals surface area (Å²) in [5, 5.41) is 24.7. The lowest BCUT2D eigenvalue weighted by Gasteiger charge is -2.18. The summed E-state index contributed by atoms with van der Waals surface area (Å²) in [4.78, 5) is 20.7. The van der Waals surface area contributed by atoms with E-state index >= 15 is 0 Å². The molecule has 0 aliphatic carbocycles. The predicted octanol–water partition coefficient (Wildman–Crippen LogP) is 3.22. The highest BCUT2D eigenvalue weighted by Gasteiger charge is 2.25. The van der Waals surface area contributed by atoms with Crippen LogP contribution in [0.3, 0.4) is 0 Å².